The predicted octanol–water partition coefficient (Wildman–Crippen LogP) is 5.55. The van der Waals surface area contributed by atoms with E-state index in [9.17, 15) is 9.18 Å². The van der Waals surface area contributed by atoms with Gasteiger partial charge in [-0.1, -0.05) is 64.2 Å². The van der Waals surface area contributed by atoms with Gasteiger partial charge in [0.25, 0.3) is 5.91 Å². The molecule has 0 aromatic heterocycles. The Morgan fingerprint density at radius 3 is 2.81 bits per heavy atom. The normalized spacial score (nSPS) is 15.5. The van der Waals surface area contributed by atoms with Gasteiger partial charge in [0.05, 0.1) is 4.91 Å². The molecule has 1 saturated heterocycles. The number of thiocarbonyl (C=S) groups is 1. The van der Waals surface area contributed by atoms with Crippen molar-refractivity contribution in [2.45, 2.75) is 6.61 Å². The number of carbonyl (C=O) groups is 1. The number of nitrogens with zero attached hydrogens (tertiary/aromatic N) is 1. The summed E-state index contributed by atoms with van der Waals surface area (Å²) in [6.07, 6.45) is 3.37. The van der Waals surface area contributed by atoms with E-state index >= 15 is 0 Å². The van der Waals surface area contributed by atoms with Gasteiger partial charge >= 0.3 is 0 Å². The third kappa shape index (κ3) is 4.66. The second-order valence-electron chi connectivity index (χ2n) is 5.64. The fourth-order valence-electron chi connectivity index (χ4n) is 2.46. The average Bonchev–Trinajstić information content (AvgIpc) is 2.90. The third-order valence-electron chi connectivity index (χ3n) is 3.78. The van der Waals surface area contributed by atoms with Crippen LogP contribution in [-0.2, 0) is 11.4 Å². The van der Waals surface area contributed by atoms with Crippen LogP contribution < -0.4 is 4.74 Å². The molecule has 0 spiro atoms. The maximum atomic E-state index is 13.8. The molecule has 0 unspecified atom stereocenters. The molecule has 138 valence electrons. The van der Waals surface area contributed by atoms with Crippen molar-refractivity contribution < 1.29 is 13.9 Å². The number of hydrogen-bond acceptors (Lipinski definition) is 4. The van der Waals surface area contributed by atoms with Crippen LogP contribution in [0.5, 0.6) is 5.75 Å². The van der Waals surface area contributed by atoms with E-state index in [0.29, 0.717) is 32.6 Å². The maximum Gasteiger partial charge on any atom is 0.266 e. The van der Waals surface area contributed by atoms with Crippen LogP contribution in [0.3, 0.4) is 0 Å². The SMILES string of the molecule is C=CCN1C(=O)/C(=C\c2cc(Br)ccc2OCc2ccccc2F)SC1=S. The summed E-state index contributed by atoms with van der Waals surface area (Å²) in [5, 5.41) is 0. The molecular weight excluding hydrogens is 449 g/mol. The van der Waals surface area contributed by atoms with Crippen LogP contribution in [0.4, 0.5) is 4.39 Å². The first-order chi connectivity index (χ1) is 13.0. The molecule has 1 aliphatic heterocycles. The fraction of sp³-hybridized carbons (Fsp3) is 0.100. The lowest BCUT2D eigenvalue weighted by atomic mass is 10.1. The Labute approximate surface area is 175 Å². The van der Waals surface area contributed by atoms with E-state index in [2.05, 4.69) is 22.5 Å². The molecule has 1 amide bonds. The molecule has 2 aromatic rings. The van der Waals surface area contributed by atoms with Crippen LogP contribution in [0.1, 0.15) is 11.1 Å². The number of thioether (sulfide) groups is 1. The highest BCUT2D eigenvalue weighted by molar-refractivity contribution is 9.10. The maximum absolute atomic E-state index is 13.8. The van der Waals surface area contributed by atoms with Crippen LogP contribution in [0.15, 0.2) is 64.5 Å². The monoisotopic (exact) mass is 463 g/mol. The summed E-state index contributed by atoms with van der Waals surface area (Å²) < 4.78 is 21.0. The zero-order chi connectivity index (χ0) is 19.4. The summed E-state index contributed by atoms with van der Waals surface area (Å²) in [7, 11) is 0. The number of amides is 1. The summed E-state index contributed by atoms with van der Waals surface area (Å²) >= 11 is 9.93. The second-order valence-corrected chi connectivity index (χ2v) is 8.23. The minimum Gasteiger partial charge on any atom is -0.488 e. The molecule has 3 rings (SSSR count). The molecule has 0 saturated carbocycles. The van der Waals surface area contributed by atoms with E-state index in [1.807, 2.05) is 12.1 Å². The van der Waals surface area contributed by atoms with Crippen molar-refractivity contribution in [3.63, 3.8) is 0 Å². The molecule has 0 aliphatic carbocycles. The minimum atomic E-state index is -0.318. The highest BCUT2D eigenvalue weighted by Gasteiger charge is 2.31. The largest absolute Gasteiger partial charge is 0.488 e. The van der Waals surface area contributed by atoms with Crippen molar-refractivity contribution in [2.24, 2.45) is 0 Å². The molecule has 27 heavy (non-hydrogen) atoms. The summed E-state index contributed by atoms with van der Waals surface area (Å²) in [4.78, 5) is 14.5. The molecule has 0 atom stereocenters. The number of carbonyl (C=O) groups excluding carboxylic acids is 1. The topological polar surface area (TPSA) is 29.5 Å². The van der Waals surface area contributed by atoms with Crippen LogP contribution in [-0.4, -0.2) is 21.7 Å². The van der Waals surface area contributed by atoms with Gasteiger partial charge in [-0.25, -0.2) is 4.39 Å². The molecule has 0 N–H and O–H groups in total. The van der Waals surface area contributed by atoms with Gasteiger partial charge in [0.2, 0.25) is 0 Å². The Hall–Kier alpha value is -1.96. The van der Waals surface area contributed by atoms with Crippen LogP contribution >= 0.6 is 39.9 Å². The average molecular weight is 464 g/mol. The van der Waals surface area contributed by atoms with E-state index in [1.54, 1.807) is 36.4 Å². The Kier molecular flexibility index (Phi) is 6.46. The highest BCUT2D eigenvalue weighted by atomic mass is 79.9. The first-order valence-corrected chi connectivity index (χ1v) is 10.0. The van der Waals surface area contributed by atoms with Crippen molar-refractivity contribution in [1.29, 1.82) is 0 Å². The number of rotatable bonds is 6. The van der Waals surface area contributed by atoms with E-state index in [1.165, 1.54) is 22.7 Å². The Balaban J connectivity index is 1.86. The zero-order valence-corrected chi connectivity index (χ0v) is 17.4. The molecule has 0 bridgehead atoms. The summed E-state index contributed by atoms with van der Waals surface area (Å²) in [6.45, 7) is 4.11. The van der Waals surface area contributed by atoms with Gasteiger partial charge in [0.15, 0.2) is 0 Å². The first kappa shape index (κ1) is 19.8. The van der Waals surface area contributed by atoms with Crippen molar-refractivity contribution in [3.05, 3.63) is 81.4 Å². The summed E-state index contributed by atoms with van der Waals surface area (Å²) in [5.41, 5.74) is 1.17. The molecule has 0 radical (unpaired) electrons. The molecule has 3 nitrogen and oxygen atoms in total. The van der Waals surface area contributed by atoms with Crippen molar-refractivity contribution in [2.75, 3.05) is 6.54 Å². The van der Waals surface area contributed by atoms with Crippen LogP contribution in [0.2, 0.25) is 0 Å². The van der Waals surface area contributed by atoms with E-state index < -0.39 is 0 Å². The van der Waals surface area contributed by atoms with Gasteiger partial charge in [-0.05, 0) is 30.3 Å². The van der Waals surface area contributed by atoms with E-state index in [4.69, 9.17) is 17.0 Å². The smallest absolute Gasteiger partial charge is 0.266 e. The number of ether oxygens (including phenoxy) is 1. The van der Waals surface area contributed by atoms with Gasteiger partial charge in [0, 0.05) is 22.1 Å². The van der Waals surface area contributed by atoms with Crippen molar-refractivity contribution >= 4 is 56.2 Å². The molecule has 1 fully saturated rings. The summed E-state index contributed by atoms with van der Waals surface area (Å²) in [6, 6.07) is 11.9. The van der Waals surface area contributed by atoms with Gasteiger partial charge < -0.3 is 4.74 Å². The molecule has 2 aromatic carbocycles. The first-order valence-electron chi connectivity index (χ1n) is 8.01. The zero-order valence-electron chi connectivity index (χ0n) is 14.2. The van der Waals surface area contributed by atoms with Gasteiger partial charge in [-0.3, -0.25) is 9.69 Å². The van der Waals surface area contributed by atoms with Gasteiger partial charge in [0.1, 0.15) is 22.5 Å². The predicted molar refractivity (Wildman–Crippen MR) is 115 cm³/mol. The molecular formula is C20H15BrFNO2S2. The van der Waals surface area contributed by atoms with Gasteiger partial charge in [-0.15, -0.1) is 6.58 Å². The highest BCUT2D eigenvalue weighted by Crippen LogP contribution is 2.35. The van der Waals surface area contributed by atoms with Crippen LogP contribution in [0.25, 0.3) is 6.08 Å². The lowest BCUT2D eigenvalue weighted by Crippen LogP contribution is -2.27. The van der Waals surface area contributed by atoms with Crippen molar-refractivity contribution in [3.8, 4) is 5.75 Å². The minimum absolute atomic E-state index is 0.0899. The Morgan fingerprint density at radius 1 is 1.30 bits per heavy atom. The number of hydrogen-bond donors (Lipinski definition) is 0. The summed E-state index contributed by atoms with van der Waals surface area (Å²) in [5.74, 6) is 0.0711. The lowest BCUT2D eigenvalue weighted by molar-refractivity contribution is -0.121. The van der Waals surface area contributed by atoms with E-state index in [-0.39, 0.29) is 18.3 Å². The number of benzene rings is 2. The fourth-order valence-corrected chi connectivity index (χ4v) is 4.11. The Morgan fingerprint density at radius 2 is 2.07 bits per heavy atom. The molecule has 7 heteroatoms. The molecule has 1 heterocycles. The lowest BCUT2D eigenvalue weighted by Gasteiger charge is -2.11. The second kappa shape index (κ2) is 8.82. The van der Waals surface area contributed by atoms with E-state index in [0.717, 1.165) is 4.47 Å². The standard InChI is InChI=1S/C20H15BrFNO2S2/c1-2-9-23-19(24)18(27-20(23)26)11-14-10-15(21)7-8-17(14)25-12-13-5-3-4-6-16(13)22/h2-8,10-11H,1,9,12H2/b18-11+. The quantitative estimate of drug-likeness (QED) is 0.318. The molecule has 1 aliphatic rings. The Bertz CT molecular complexity index is 945. The van der Waals surface area contributed by atoms with Crippen molar-refractivity contribution in [1.82, 2.24) is 4.90 Å². The van der Waals surface area contributed by atoms with Crippen LogP contribution in [0, 0.1) is 5.82 Å². The van der Waals surface area contributed by atoms with Gasteiger partial charge in [-0.2, -0.15) is 0 Å². The number of halogens is 2. The third-order valence-corrected chi connectivity index (χ3v) is 5.66.